The Balaban J connectivity index is 1.29. The van der Waals surface area contributed by atoms with Crippen LogP contribution in [-0.2, 0) is 9.63 Å². The molecule has 1 aromatic carbocycles. The van der Waals surface area contributed by atoms with E-state index < -0.39 is 0 Å². The van der Waals surface area contributed by atoms with Gasteiger partial charge in [-0.2, -0.15) is 0 Å². The van der Waals surface area contributed by atoms with Crippen molar-refractivity contribution in [1.82, 2.24) is 0 Å². The molecule has 4 aliphatic rings. The summed E-state index contributed by atoms with van der Waals surface area (Å²) in [7, 11) is 0. The molecule has 0 aliphatic heterocycles. The second-order valence-corrected chi connectivity index (χ2v) is 9.69. The van der Waals surface area contributed by atoms with Crippen molar-refractivity contribution in [3.05, 3.63) is 58.7 Å². The predicted octanol–water partition coefficient (Wildman–Crippen LogP) is 6.21. The fourth-order valence-electron chi connectivity index (χ4n) is 6.59. The predicted molar refractivity (Wildman–Crippen MR) is 115 cm³/mol. The maximum Gasteiger partial charge on any atom is 0.341 e. The monoisotopic (exact) mass is 389 g/mol. The largest absolute Gasteiger partial charge is 0.341 e. The van der Waals surface area contributed by atoms with Crippen LogP contribution >= 0.6 is 0 Å². The van der Waals surface area contributed by atoms with E-state index in [0.717, 1.165) is 36.7 Å². The topological polar surface area (TPSA) is 38.7 Å². The molecule has 152 valence electrons. The first-order valence-electron chi connectivity index (χ1n) is 11.4. The van der Waals surface area contributed by atoms with Crippen molar-refractivity contribution in [2.75, 3.05) is 0 Å². The van der Waals surface area contributed by atoms with E-state index in [1.165, 1.54) is 44.1 Å². The van der Waals surface area contributed by atoms with Crippen molar-refractivity contribution in [2.24, 2.45) is 28.3 Å². The fraction of sp³-hybridized carbons (Fsp3) is 0.538. The summed E-state index contributed by atoms with van der Waals surface area (Å²) in [5.41, 5.74) is 6.31. The molecule has 0 saturated heterocycles. The second kappa shape index (κ2) is 7.59. The van der Waals surface area contributed by atoms with E-state index in [1.54, 1.807) is 17.4 Å². The van der Waals surface area contributed by atoms with Crippen LogP contribution < -0.4 is 0 Å². The fourth-order valence-corrected chi connectivity index (χ4v) is 6.59. The summed E-state index contributed by atoms with van der Waals surface area (Å²) in [5.74, 6) is 1.33. The van der Waals surface area contributed by atoms with Gasteiger partial charge in [0.15, 0.2) is 0 Å². The highest BCUT2D eigenvalue weighted by molar-refractivity contribution is 5.81. The Labute approximate surface area is 173 Å². The molecule has 0 bridgehead atoms. The summed E-state index contributed by atoms with van der Waals surface area (Å²) in [4.78, 5) is 17.8. The molecule has 0 aromatic heterocycles. The van der Waals surface area contributed by atoms with Crippen LogP contribution in [-0.4, -0.2) is 12.2 Å². The van der Waals surface area contributed by atoms with Gasteiger partial charge in [-0.3, -0.25) is 0 Å². The van der Waals surface area contributed by atoms with E-state index in [9.17, 15) is 4.79 Å². The summed E-state index contributed by atoms with van der Waals surface area (Å²) < 4.78 is 0. The Morgan fingerprint density at radius 2 is 1.97 bits per heavy atom. The summed E-state index contributed by atoms with van der Waals surface area (Å²) >= 11 is 0. The minimum atomic E-state index is -0.220. The highest BCUT2D eigenvalue weighted by Crippen LogP contribution is 2.60. The Morgan fingerprint density at radius 3 is 2.83 bits per heavy atom. The minimum absolute atomic E-state index is 0.154. The van der Waals surface area contributed by atoms with Crippen LogP contribution in [0.25, 0.3) is 0 Å². The Morgan fingerprint density at radius 1 is 1.10 bits per heavy atom. The quantitative estimate of drug-likeness (QED) is 0.350. The number of carbonyl (C=O) groups is 1. The van der Waals surface area contributed by atoms with Crippen LogP contribution in [0.1, 0.15) is 70.3 Å². The molecule has 0 spiro atoms. The van der Waals surface area contributed by atoms with Gasteiger partial charge in [0.25, 0.3) is 0 Å². The lowest BCUT2D eigenvalue weighted by molar-refractivity contribution is -0.147. The third-order valence-corrected chi connectivity index (χ3v) is 8.11. The lowest BCUT2D eigenvalue weighted by Gasteiger charge is -2.47. The normalized spacial score (nSPS) is 33.7. The van der Waals surface area contributed by atoms with Crippen molar-refractivity contribution in [3.8, 4) is 0 Å². The molecule has 3 unspecified atom stereocenters. The first kappa shape index (κ1) is 18.8. The smallest absolute Gasteiger partial charge is 0.318 e. The molecule has 4 aliphatic carbocycles. The molecule has 0 N–H and O–H groups in total. The maximum absolute atomic E-state index is 12.5. The van der Waals surface area contributed by atoms with Gasteiger partial charge >= 0.3 is 5.97 Å². The Kier molecular flexibility index (Phi) is 4.93. The van der Waals surface area contributed by atoms with E-state index in [1.807, 2.05) is 30.3 Å². The van der Waals surface area contributed by atoms with Gasteiger partial charge < -0.3 is 4.84 Å². The van der Waals surface area contributed by atoms with Gasteiger partial charge in [-0.25, -0.2) is 4.79 Å². The zero-order valence-electron chi connectivity index (χ0n) is 17.4. The Hall–Kier alpha value is -2.16. The summed E-state index contributed by atoms with van der Waals surface area (Å²) in [6.45, 7) is 2.54. The first-order chi connectivity index (χ1) is 14.1. The average Bonchev–Trinajstić information content (AvgIpc) is 3.15. The Bertz CT molecular complexity index is 881. The average molecular weight is 390 g/mol. The molecule has 0 heterocycles. The van der Waals surface area contributed by atoms with E-state index >= 15 is 0 Å². The third kappa shape index (κ3) is 3.49. The third-order valence-electron chi connectivity index (χ3n) is 8.11. The van der Waals surface area contributed by atoms with Crippen LogP contribution in [0.3, 0.4) is 0 Å². The van der Waals surface area contributed by atoms with Crippen LogP contribution in [0, 0.1) is 23.2 Å². The lowest BCUT2D eigenvalue weighted by atomic mass is 9.57. The summed E-state index contributed by atoms with van der Waals surface area (Å²) in [6.07, 6.45) is 15.0. The number of nitrogens with zero attached hydrogens (tertiary/aromatic N) is 1. The summed E-state index contributed by atoms with van der Waals surface area (Å²) in [6, 6.07) is 9.73. The van der Waals surface area contributed by atoms with Crippen LogP contribution in [0.4, 0.5) is 0 Å². The van der Waals surface area contributed by atoms with Gasteiger partial charge in [-0.15, -0.1) is 0 Å². The maximum atomic E-state index is 12.5. The second-order valence-electron chi connectivity index (χ2n) is 9.69. The molecule has 4 atom stereocenters. The minimum Gasteiger partial charge on any atom is -0.318 e. The van der Waals surface area contributed by atoms with Gasteiger partial charge in [0.05, 0.1) is 12.1 Å². The molecule has 3 heteroatoms. The van der Waals surface area contributed by atoms with E-state index in [-0.39, 0.29) is 11.9 Å². The number of allylic oxidation sites excluding steroid dienone is 3. The van der Waals surface area contributed by atoms with Crippen molar-refractivity contribution in [1.29, 1.82) is 0 Å². The molecular formula is C26H31NO2. The SMILES string of the molecule is C[C@@]12CCCC1C1CCC3=CC(C(=O)ON=Cc4ccccc4)CCC3=C1CC2. The van der Waals surface area contributed by atoms with E-state index in [2.05, 4.69) is 18.2 Å². The number of fused-ring (bicyclic) bond motifs is 4. The van der Waals surface area contributed by atoms with Crippen molar-refractivity contribution in [3.63, 3.8) is 0 Å². The van der Waals surface area contributed by atoms with E-state index in [4.69, 9.17) is 4.84 Å². The number of hydrogen-bond acceptors (Lipinski definition) is 3. The lowest BCUT2D eigenvalue weighted by Crippen LogP contribution is -2.37. The van der Waals surface area contributed by atoms with Gasteiger partial charge in [0.2, 0.25) is 0 Å². The first-order valence-corrected chi connectivity index (χ1v) is 11.4. The van der Waals surface area contributed by atoms with Crippen LogP contribution in [0.2, 0.25) is 0 Å². The molecule has 5 rings (SSSR count). The molecule has 0 radical (unpaired) electrons. The molecule has 2 saturated carbocycles. The number of benzene rings is 1. The van der Waals surface area contributed by atoms with Gasteiger partial charge in [0.1, 0.15) is 0 Å². The van der Waals surface area contributed by atoms with Gasteiger partial charge in [-0.1, -0.05) is 60.5 Å². The number of rotatable bonds is 3. The molecule has 29 heavy (non-hydrogen) atoms. The molecule has 3 nitrogen and oxygen atoms in total. The molecule has 2 fully saturated rings. The van der Waals surface area contributed by atoms with Gasteiger partial charge in [0, 0.05) is 0 Å². The number of carbonyl (C=O) groups excluding carboxylic acids is 1. The number of oxime groups is 1. The van der Waals surface area contributed by atoms with Crippen molar-refractivity contribution in [2.45, 2.75) is 64.7 Å². The van der Waals surface area contributed by atoms with Crippen molar-refractivity contribution < 1.29 is 9.63 Å². The zero-order valence-corrected chi connectivity index (χ0v) is 17.4. The van der Waals surface area contributed by atoms with Crippen LogP contribution in [0.5, 0.6) is 0 Å². The van der Waals surface area contributed by atoms with Crippen LogP contribution in [0.15, 0.2) is 58.3 Å². The van der Waals surface area contributed by atoms with E-state index in [0.29, 0.717) is 5.41 Å². The highest BCUT2D eigenvalue weighted by atomic mass is 16.7. The van der Waals surface area contributed by atoms with Crippen molar-refractivity contribution >= 4 is 12.2 Å². The standard InChI is InChI=1S/C26H31NO2/c1-26-14-5-8-24(26)23-12-9-19-16-20(10-11-21(19)22(23)13-15-26)25(28)29-27-17-18-6-3-2-4-7-18/h2-4,6-7,16-17,20,23-24H,5,8-15H2,1H3/t20?,23?,24?,26-/m0/s1. The zero-order chi connectivity index (χ0) is 19.8. The van der Waals surface area contributed by atoms with Gasteiger partial charge in [-0.05, 0) is 85.3 Å². The molecule has 0 amide bonds. The molecular weight excluding hydrogens is 358 g/mol. The molecule has 1 aromatic rings. The highest BCUT2D eigenvalue weighted by Gasteiger charge is 2.48. The number of hydrogen-bond donors (Lipinski definition) is 0. The summed E-state index contributed by atoms with van der Waals surface area (Å²) in [5, 5.41) is 3.91.